The molecule has 0 saturated carbocycles. The summed E-state index contributed by atoms with van der Waals surface area (Å²) in [5, 5.41) is 0. The minimum Gasteiger partial charge on any atom is -0.462 e. The van der Waals surface area contributed by atoms with Gasteiger partial charge in [-0.2, -0.15) is 0 Å². The zero-order chi connectivity index (χ0) is 39.6. The van der Waals surface area contributed by atoms with Crippen LogP contribution in [0.15, 0.2) is 12.2 Å². The highest BCUT2D eigenvalue weighted by Gasteiger charge is 2.26. The molecule has 9 nitrogen and oxygen atoms in total. The van der Waals surface area contributed by atoms with Gasteiger partial charge in [-0.3, -0.25) is 18.6 Å². The fraction of sp³-hybridized carbons (Fsp3) is 0.909. The van der Waals surface area contributed by atoms with E-state index < -0.39 is 26.5 Å². The van der Waals surface area contributed by atoms with Gasteiger partial charge in [-0.1, -0.05) is 187 Å². The van der Waals surface area contributed by atoms with Crippen LogP contribution in [0.5, 0.6) is 0 Å². The zero-order valence-electron chi connectivity index (χ0n) is 35.2. The largest absolute Gasteiger partial charge is 0.472 e. The standard InChI is InChI=1S/C44H86NO8P/c1-3-5-7-9-11-13-15-17-19-20-21-22-23-25-27-29-31-33-35-37-44(47)53-42(41-52-54(48,49)51-39-38-45)40-50-43(46)36-34-32-30-28-26-24-18-16-14-12-10-8-6-4-2/h17,19,42H,3-16,18,20-41,45H2,1-2H3,(H,48,49)/b19-17-. The number of ether oxygens (including phenoxy) is 2. The van der Waals surface area contributed by atoms with Gasteiger partial charge in [0.2, 0.25) is 0 Å². The first-order chi connectivity index (χ1) is 26.3. The van der Waals surface area contributed by atoms with Crippen LogP contribution in [0.25, 0.3) is 0 Å². The molecule has 2 atom stereocenters. The van der Waals surface area contributed by atoms with Crippen molar-refractivity contribution in [3.05, 3.63) is 12.2 Å². The molecule has 0 spiro atoms. The number of phosphoric acid groups is 1. The molecule has 3 N–H and O–H groups in total. The quantitative estimate of drug-likeness (QED) is 0.0268. The van der Waals surface area contributed by atoms with Crippen LogP contribution in [-0.2, 0) is 32.7 Å². The van der Waals surface area contributed by atoms with E-state index in [1.165, 1.54) is 154 Å². The van der Waals surface area contributed by atoms with Gasteiger partial charge in [0, 0.05) is 19.4 Å². The molecule has 0 amide bonds. The molecule has 0 aliphatic carbocycles. The number of hydrogen-bond donors (Lipinski definition) is 2. The van der Waals surface area contributed by atoms with Crippen molar-refractivity contribution in [2.24, 2.45) is 5.73 Å². The number of allylic oxidation sites excluding steroid dienone is 2. The number of hydrogen-bond acceptors (Lipinski definition) is 8. The first-order valence-corrected chi connectivity index (χ1v) is 24.2. The fourth-order valence-electron chi connectivity index (χ4n) is 6.51. The highest BCUT2D eigenvalue weighted by molar-refractivity contribution is 7.47. The maximum Gasteiger partial charge on any atom is 0.472 e. The molecule has 0 aromatic rings. The van der Waals surface area contributed by atoms with E-state index in [1.807, 2.05) is 0 Å². The van der Waals surface area contributed by atoms with Crippen molar-refractivity contribution in [3.63, 3.8) is 0 Å². The van der Waals surface area contributed by atoms with Crippen LogP contribution in [0.2, 0.25) is 0 Å². The lowest BCUT2D eigenvalue weighted by Crippen LogP contribution is -2.29. The van der Waals surface area contributed by atoms with Crippen molar-refractivity contribution in [1.29, 1.82) is 0 Å². The molecule has 0 radical (unpaired) electrons. The average molecular weight is 788 g/mol. The number of esters is 2. The Kier molecular flexibility index (Phi) is 40.4. The summed E-state index contributed by atoms with van der Waals surface area (Å²) in [6, 6.07) is 0. The van der Waals surface area contributed by atoms with Gasteiger partial charge >= 0.3 is 19.8 Å². The molecule has 0 aromatic carbocycles. The number of carbonyl (C=O) groups excluding carboxylic acids is 2. The van der Waals surface area contributed by atoms with E-state index in [0.717, 1.165) is 38.5 Å². The SMILES string of the molecule is CCCCCCCC/C=C\CCCCCCCCCCCC(=O)OC(COC(=O)CCCCCCCCCCCCCCCC)COP(=O)(O)OCCN. The molecular weight excluding hydrogens is 701 g/mol. The number of unbranched alkanes of at least 4 members (excludes halogenated alkanes) is 28. The van der Waals surface area contributed by atoms with Crippen LogP contribution in [0, 0.1) is 0 Å². The third kappa shape index (κ3) is 40.4. The van der Waals surface area contributed by atoms with Gasteiger partial charge in [-0.25, -0.2) is 4.57 Å². The van der Waals surface area contributed by atoms with E-state index in [1.54, 1.807) is 0 Å². The fourth-order valence-corrected chi connectivity index (χ4v) is 7.28. The average Bonchev–Trinajstić information content (AvgIpc) is 3.16. The lowest BCUT2D eigenvalue weighted by molar-refractivity contribution is -0.161. The van der Waals surface area contributed by atoms with Crippen LogP contribution < -0.4 is 5.73 Å². The Balaban J connectivity index is 4.09. The predicted molar refractivity (Wildman–Crippen MR) is 224 cm³/mol. The smallest absolute Gasteiger partial charge is 0.462 e. The van der Waals surface area contributed by atoms with Crippen molar-refractivity contribution in [1.82, 2.24) is 0 Å². The third-order valence-electron chi connectivity index (χ3n) is 9.90. The molecule has 2 unspecified atom stereocenters. The second-order valence-electron chi connectivity index (χ2n) is 15.3. The van der Waals surface area contributed by atoms with E-state index >= 15 is 0 Å². The summed E-state index contributed by atoms with van der Waals surface area (Å²) < 4.78 is 32.8. The molecule has 0 bridgehead atoms. The van der Waals surface area contributed by atoms with Crippen molar-refractivity contribution in [2.75, 3.05) is 26.4 Å². The highest BCUT2D eigenvalue weighted by atomic mass is 31.2. The van der Waals surface area contributed by atoms with Gasteiger partial charge in [0.05, 0.1) is 13.2 Å². The molecule has 0 aliphatic rings. The van der Waals surface area contributed by atoms with Crippen LogP contribution in [0.3, 0.4) is 0 Å². The summed E-state index contributed by atoms with van der Waals surface area (Å²) in [6.45, 7) is 3.76. The van der Waals surface area contributed by atoms with Crippen LogP contribution >= 0.6 is 7.82 Å². The molecule has 54 heavy (non-hydrogen) atoms. The number of rotatable bonds is 43. The first-order valence-electron chi connectivity index (χ1n) is 22.7. The molecular formula is C44H86NO8P. The van der Waals surface area contributed by atoms with Gasteiger partial charge in [0.25, 0.3) is 0 Å². The molecule has 0 fully saturated rings. The molecule has 0 heterocycles. The molecule has 320 valence electrons. The maximum atomic E-state index is 12.6. The third-order valence-corrected chi connectivity index (χ3v) is 10.9. The van der Waals surface area contributed by atoms with E-state index in [0.29, 0.717) is 6.42 Å². The van der Waals surface area contributed by atoms with Crippen molar-refractivity contribution < 1.29 is 37.6 Å². The second-order valence-corrected chi connectivity index (χ2v) is 16.7. The van der Waals surface area contributed by atoms with Crippen molar-refractivity contribution in [3.8, 4) is 0 Å². The number of nitrogens with two attached hydrogens (primary N) is 1. The Bertz CT molecular complexity index is 902. The molecule has 0 saturated heterocycles. The molecule has 0 aromatic heterocycles. The summed E-state index contributed by atoms with van der Waals surface area (Å²) in [7, 11) is -4.37. The summed E-state index contributed by atoms with van der Waals surface area (Å²) >= 11 is 0. The topological polar surface area (TPSA) is 134 Å². The Hall–Kier alpha value is -1.25. The monoisotopic (exact) mass is 788 g/mol. The lowest BCUT2D eigenvalue weighted by atomic mass is 10.0. The Morgan fingerprint density at radius 2 is 0.907 bits per heavy atom. The minimum atomic E-state index is -4.37. The summed E-state index contributed by atoms with van der Waals surface area (Å²) in [4.78, 5) is 34.9. The second kappa shape index (κ2) is 41.4. The van der Waals surface area contributed by atoms with E-state index in [9.17, 15) is 19.0 Å². The summed E-state index contributed by atoms with van der Waals surface area (Å²) in [5.41, 5.74) is 5.35. The number of phosphoric ester groups is 1. The molecule has 0 aliphatic heterocycles. The van der Waals surface area contributed by atoms with Gasteiger partial charge in [0.1, 0.15) is 6.61 Å². The van der Waals surface area contributed by atoms with E-state index in [2.05, 4.69) is 26.0 Å². The van der Waals surface area contributed by atoms with Crippen LogP contribution in [0.4, 0.5) is 0 Å². The minimum absolute atomic E-state index is 0.0560. The van der Waals surface area contributed by atoms with E-state index in [-0.39, 0.29) is 38.6 Å². The first kappa shape index (κ1) is 52.8. The Morgan fingerprint density at radius 1 is 0.537 bits per heavy atom. The van der Waals surface area contributed by atoms with Gasteiger partial charge in [-0.15, -0.1) is 0 Å². The zero-order valence-corrected chi connectivity index (χ0v) is 36.1. The summed E-state index contributed by atoms with van der Waals surface area (Å²) in [6.07, 6.45) is 42.4. The predicted octanol–water partition coefficient (Wildman–Crippen LogP) is 13.0. The summed E-state index contributed by atoms with van der Waals surface area (Å²) in [5.74, 6) is -0.819. The van der Waals surface area contributed by atoms with Gasteiger partial charge in [-0.05, 0) is 38.5 Å². The van der Waals surface area contributed by atoms with Gasteiger partial charge in [0.15, 0.2) is 6.10 Å². The number of carbonyl (C=O) groups is 2. The Morgan fingerprint density at radius 3 is 1.31 bits per heavy atom. The van der Waals surface area contributed by atoms with Crippen molar-refractivity contribution in [2.45, 2.75) is 232 Å². The van der Waals surface area contributed by atoms with E-state index in [4.69, 9.17) is 24.3 Å². The highest BCUT2D eigenvalue weighted by Crippen LogP contribution is 2.43. The van der Waals surface area contributed by atoms with Crippen LogP contribution in [-0.4, -0.2) is 49.3 Å². The van der Waals surface area contributed by atoms with Crippen molar-refractivity contribution >= 4 is 19.8 Å². The van der Waals surface area contributed by atoms with Crippen LogP contribution in [0.1, 0.15) is 226 Å². The normalized spacial score (nSPS) is 13.3. The molecule has 0 rings (SSSR count). The lowest BCUT2D eigenvalue weighted by Gasteiger charge is -2.19. The van der Waals surface area contributed by atoms with Gasteiger partial charge < -0.3 is 20.1 Å². The Labute approximate surface area is 332 Å². The molecule has 10 heteroatoms. The maximum absolute atomic E-state index is 12.6.